The van der Waals surface area contributed by atoms with Crippen LogP contribution in [0.25, 0.3) is 0 Å². The first-order chi connectivity index (χ1) is 9.76. The highest BCUT2D eigenvalue weighted by molar-refractivity contribution is 5.79. The number of nitrogens with one attached hydrogen (secondary N) is 2. The predicted molar refractivity (Wildman–Crippen MR) is 86.3 cm³/mol. The summed E-state index contributed by atoms with van der Waals surface area (Å²) in [5.74, 6) is 0.930. The van der Waals surface area contributed by atoms with E-state index in [1.165, 1.54) is 32.1 Å². The molecule has 0 aromatic rings. The van der Waals surface area contributed by atoms with Crippen LogP contribution < -0.4 is 10.6 Å². The lowest BCUT2D eigenvalue weighted by Gasteiger charge is -2.21. The van der Waals surface area contributed by atoms with Gasteiger partial charge in [0, 0.05) is 25.7 Å². The van der Waals surface area contributed by atoms with Gasteiger partial charge in [-0.3, -0.25) is 4.99 Å². The van der Waals surface area contributed by atoms with Gasteiger partial charge in [-0.15, -0.1) is 0 Å². The summed E-state index contributed by atoms with van der Waals surface area (Å²) in [6.45, 7) is 9.04. The summed E-state index contributed by atoms with van der Waals surface area (Å²) in [4.78, 5) is 4.60. The van der Waals surface area contributed by atoms with Gasteiger partial charge in [-0.1, -0.05) is 26.2 Å². The van der Waals surface area contributed by atoms with Crippen LogP contribution in [0.1, 0.15) is 65.7 Å². The van der Waals surface area contributed by atoms with E-state index in [1.54, 1.807) is 0 Å². The van der Waals surface area contributed by atoms with E-state index in [2.05, 4.69) is 36.4 Å². The molecule has 1 aliphatic rings. The van der Waals surface area contributed by atoms with E-state index in [-0.39, 0.29) is 0 Å². The average Bonchev–Trinajstić information content (AvgIpc) is 2.48. The van der Waals surface area contributed by atoms with E-state index in [4.69, 9.17) is 4.74 Å². The molecule has 0 aromatic carbocycles. The molecule has 0 saturated heterocycles. The molecular formula is C16H33N3O. The number of nitrogens with zero attached hydrogens (tertiary/aromatic N) is 1. The second-order valence-electron chi connectivity index (χ2n) is 5.70. The van der Waals surface area contributed by atoms with Crippen molar-refractivity contribution in [2.24, 2.45) is 4.99 Å². The van der Waals surface area contributed by atoms with Crippen molar-refractivity contribution in [1.82, 2.24) is 10.6 Å². The van der Waals surface area contributed by atoms with Crippen molar-refractivity contribution >= 4 is 5.96 Å². The molecule has 0 radical (unpaired) electrons. The van der Waals surface area contributed by atoms with E-state index >= 15 is 0 Å². The Morgan fingerprint density at radius 1 is 1.25 bits per heavy atom. The fourth-order valence-corrected chi connectivity index (χ4v) is 2.39. The Morgan fingerprint density at radius 2 is 2.00 bits per heavy atom. The summed E-state index contributed by atoms with van der Waals surface area (Å²) < 4.78 is 5.92. The maximum atomic E-state index is 5.92. The van der Waals surface area contributed by atoms with Crippen LogP contribution >= 0.6 is 0 Å². The Hall–Kier alpha value is -0.770. The van der Waals surface area contributed by atoms with Gasteiger partial charge >= 0.3 is 0 Å². The second-order valence-corrected chi connectivity index (χ2v) is 5.70. The Balaban J connectivity index is 2.15. The Bertz CT molecular complexity index is 262. The van der Waals surface area contributed by atoms with E-state index < -0.39 is 0 Å². The molecule has 1 rings (SSSR count). The van der Waals surface area contributed by atoms with Gasteiger partial charge < -0.3 is 15.4 Å². The van der Waals surface area contributed by atoms with Crippen molar-refractivity contribution in [1.29, 1.82) is 0 Å². The summed E-state index contributed by atoms with van der Waals surface area (Å²) in [5, 5.41) is 6.69. The molecule has 4 nitrogen and oxygen atoms in total. The summed E-state index contributed by atoms with van der Waals surface area (Å²) in [7, 11) is 0. The van der Waals surface area contributed by atoms with Crippen molar-refractivity contribution in [3.8, 4) is 0 Å². The van der Waals surface area contributed by atoms with Crippen LogP contribution in [0.3, 0.4) is 0 Å². The molecule has 118 valence electrons. The van der Waals surface area contributed by atoms with Gasteiger partial charge in [0.15, 0.2) is 5.96 Å². The van der Waals surface area contributed by atoms with Crippen LogP contribution in [-0.2, 0) is 4.74 Å². The predicted octanol–water partition coefficient (Wildman–Crippen LogP) is 3.08. The van der Waals surface area contributed by atoms with Crippen LogP contribution in [-0.4, -0.2) is 37.8 Å². The number of ether oxygens (including phenoxy) is 1. The first-order valence-corrected chi connectivity index (χ1v) is 8.42. The van der Waals surface area contributed by atoms with Gasteiger partial charge in [-0.25, -0.2) is 0 Å². The van der Waals surface area contributed by atoms with Crippen molar-refractivity contribution in [3.63, 3.8) is 0 Å². The lowest BCUT2D eigenvalue weighted by Crippen LogP contribution is -2.42. The maximum absolute atomic E-state index is 5.92. The Labute approximate surface area is 124 Å². The summed E-state index contributed by atoms with van der Waals surface area (Å²) in [6.07, 6.45) is 9.20. The van der Waals surface area contributed by atoms with Crippen molar-refractivity contribution < 1.29 is 4.74 Å². The molecule has 1 fully saturated rings. The average molecular weight is 283 g/mol. The van der Waals surface area contributed by atoms with Crippen LogP contribution in [0.2, 0.25) is 0 Å². The van der Waals surface area contributed by atoms with Gasteiger partial charge in [0.25, 0.3) is 0 Å². The molecule has 1 aliphatic carbocycles. The molecule has 1 unspecified atom stereocenters. The van der Waals surface area contributed by atoms with Crippen molar-refractivity contribution in [3.05, 3.63) is 0 Å². The maximum Gasteiger partial charge on any atom is 0.191 e. The third-order valence-corrected chi connectivity index (χ3v) is 3.82. The summed E-state index contributed by atoms with van der Waals surface area (Å²) in [6, 6.07) is 0.464. The lowest BCUT2D eigenvalue weighted by molar-refractivity contribution is 0.0281. The number of hydrogen-bond donors (Lipinski definition) is 2. The molecule has 0 spiro atoms. The van der Waals surface area contributed by atoms with Gasteiger partial charge in [-0.05, 0) is 39.5 Å². The number of aliphatic imine (C=N–C) groups is 1. The van der Waals surface area contributed by atoms with Crippen LogP contribution in [0, 0.1) is 0 Å². The summed E-state index contributed by atoms with van der Waals surface area (Å²) in [5.41, 5.74) is 0. The highest BCUT2D eigenvalue weighted by atomic mass is 16.5. The standard InChI is InChI=1S/C16H33N3O/c1-4-14(3)19-16(17-5-2)18-12-9-13-20-15-10-7-6-8-11-15/h14-15H,4-13H2,1-3H3,(H2,17,18,19). The zero-order valence-corrected chi connectivity index (χ0v) is 13.6. The first kappa shape index (κ1) is 17.3. The SMILES string of the molecule is CCNC(=NCCCOC1CCCCC1)NC(C)CC. The lowest BCUT2D eigenvalue weighted by atomic mass is 9.98. The topological polar surface area (TPSA) is 45.7 Å². The zero-order valence-electron chi connectivity index (χ0n) is 13.6. The Kier molecular flexibility index (Phi) is 9.46. The number of rotatable bonds is 8. The minimum absolute atomic E-state index is 0.464. The molecule has 0 bridgehead atoms. The van der Waals surface area contributed by atoms with Gasteiger partial charge in [0.2, 0.25) is 0 Å². The van der Waals surface area contributed by atoms with Crippen LogP contribution in [0.5, 0.6) is 0 Å². The largest absolute Gasteiger partial charge is 0.378 e. The van der Waals surface area contributed by atoms with Crippen molar-refractivity contribution in [2.45, 2.75) is 77.9 Å². The van der Waals surface area contributed by atoms with E-state index in [9.17, 15) is 0 Å². The Morgan fingerprint density at radius 3 is 2.65 bits per heavy atom. The van der Waals surface area contributed by atoms with Gasteiger partial charge in [0.05, 0.1) is 6.10 Å². The van der Waals surface area contributed by atoms with E-state index in [1.807, 2.05) is 0 Å². The highest BCUT2D eigenvalue weighted by Gasteiger charge is 2.12. The van der Waals surface area contributed by atoms with E-state index in [0.717, 1.165) is 38.5 Å². The fraction of sp³-hybridized carbons (Fsp3) is 0.938. The molecule has 1 atom stereocenters. The van der Waals surface area contributed by atoms with Crippen LogP contribution in [0.15, 0.2) is 4.99 Å². The molecule has 1 saturated carbocycles. The molecule has 4 heteroatoms. The number of hydrogen-bond acceptors (Lipinski definition) is 2. The minimum atomic E-state index is 0.464. The van der Waals surface area contributed by atoms with Crippen molar-refractivity contribution in [2.75, 3.05) is 19.7 Å². The highest BCUT2D eigenvalue weighted by Crippen LogP contribution is 2.20. The van der Waals surface area contributed by atoms with Crippen LogP contribution in [0.4, 0.5) is 0 Å². The normalized spacial score (nSPS) is 18.9. The van der Waals surface area contributed by atoms with Gasteiger partial charge in [0.1, 0.15) is 0 Å². The molecular weight excluding hydrogens is 250 g/mol. The zero-order chi connectivity index (χ0) is 14.6. The minimum Gasteiger partial charge on any atom is -0.378 e. The third kappa shape index (κ3) is 7.73. The quantitative estimate of drug-likeness (QED) is 0.409. The molecule has 0 aromatic heterocycles. The first-order valence-electron chi connectivity index (χ1n) is 8.42. The molecule has 2 N–H and O–H groups in total. The molecule has 0 aliphatic heterocycles. The molecule has 20 heavy (non-hydrogen) atoms. The third-order valence-electron chi connectivity index (χ3n) is 3.82. The fourth-order valence-electron chi connectivity index (χ4n) is 2.39. The van der Waals surface area contributed by atoms with E-state index in [0.29, 0.717) is 12.1 Å². The molecule has 0 amide bonds. The van der Waals surface area contributed by atoms with Gasteiger partial charge in [-0.2, -0.15) is 0 Å². The summed E-state index contributed by atoms with van der Waals surface area (Å²) >= 11 is 0. The monoisotopic (exact) mass is 283 g/mol. The smallest absolute Gasteiger partial charge is 0.191 e. The molecule has 0 heterocycles. The number of guanidine groups is 1. The second kappa shape index (κ2) is 11.0.